The summed E-state index contributed by atoms with van der Waals surface area (Å²) in [5, 5.41) is 3.41. The zero-order chi connectivity index (χ0) is 13.1. The summed E-state index contributed by atoms with van der Waals surface area (Å²) >= 11 is 0. The van der Waals surface area contributed by atoms with Crippen LogP contribution in [0.5, 0.6) is 0 Å². The number of nitrogens with one attached hydrogen (secondary N) is 1. The summed E-state index contributed by atoms with van der Waals surface area (Å²) < 4.78 is 5.81. The molecule has 4 heteroatoms. The number of nitrogens with zero attached hydrogens (tertiary/aromatic N) is 2. The van der Waals surface area contributed by atoms with E-state index in [0.717, 1.165) is 51.2 Å². The Morgan fingerprint density at radius 2 is 2.26 bits per heavy atom. The summed E-state index contributed by atoms with van der Waals surface area (Å²) in [4.78, 5) is 9.55. The molecule has 1 unspecified atom stereocenters. The van der Waals surface area contributed by atoms with Crippen molar-refractivity contribution < 1.29 is 4.74 Å². The van der Waals surface area contributed by atoms with Gasteiger partial charge in [0.25, 0.3) is 0 Å². The minimum atomic E-state index is 0.332. The number of hydrogen-bond donors (Lipinski definition) is 1. The quantitative estimate of drug-likeness (QED) is 0.901. The maximum Gasteiger partial charge on any atom is 0.131 e. The lowest BCUT2D eigenvalue weighted by Crippen LogP contribution is -2.28. The van der Waals surface area contributed by atoms with Crippen LogP contribution in [0.25, 0.3) is 0 Å². The van der Waals surface area contributed by atoms with Gasteiger partial charge in [-0.2, -0.15) is 0 Å². The van der Waals surface area contributed by atoms with Crippen LogP contribution in [-0.2, 0) is 30.5 Å². The first-order chi connectivity index (χ1) is 9.36. The fourth-order valence-electron chi connectivity index (χ4n) is 3.02. The van der Waals surface area contributed by atoms with Crippen LogP contribution < -0.4 is 5.32 Å². The van der Waals surface area contributed by atoms with Crippen molar-refractivity contribution in [1.82, 2.24) is 15.3 Å². The maximum absolute atomic E-state index is 5.81. The molecule has 0 radical (unpaired) electrons. The molecule has 104 valence electrons. The van der Waals surface area contributed by atoms with Crippen molar-refractivity contribution in [3.05, 3.63) is 22.8 Å². The van der Waals surface area contributed by atoms with E-state index in [1.165, 1.54) is 29.8 Å². The van der Waals surface area contributed by atoms with E-state index >= 15 is 0 Å². The standard InChI is InChI=1S/C15H23N3O/c1-2-13-12-10-16-7-6-14(12)18-15(17-13)9-11-5-3-4-8-19-11/h11,16H,2-10H2,1H3. The van der Waals surface area contributed by atoms with Crippen LogP contribution in [0.1, 0.15) is 49.0 Å². The lowest BCUT2D eigenvalue weighted by atomic mass is 10.0. The molecule has 1 N–H and O–H groups in total. The molecule has 1 atom stereocenters. The Bertz CT molecular complexity index is 424. The van der Waals surface area contributed by atoms with Crippen LogP contribution in [0.15, 0.2) is 0 Å². The fourth-order valence-corrected chi connectivity index (χ4v) is 3.02. The Kier molecular flexibility index (Phi) is 4.09. The molecule has 2 aliphatic heterocycles. The van der Waals surface area contributed by atoms with Crippen LogP contribution in [0.3, 0.4) is 0 Å². The number of fused-ring (bicyclic) bond motifs is 1. The smallest absolute Gasteiger partial charge is 0.131 e. The van der Waals surface area contributed by atoms with Crippen molar-refractivity contribution in [3.63, 3.8) is 0 Å². The fraction of sp³-hybridized carbons (Fsp3) is 0.733. The van der Waals surface area contributed by atoms with Gasteiger partial charge in [-0.1, -0.05) is 6.92 Å². The highest BCUT2D eigenvalue weighted by Crippen LogP contribution is 2.20. The number of ether oxygens (including phenoxy) is 1. The Morgan fingerprint density at radius 1 is 1.32 bits per heavy atom. The number of aryl methyl sites for hydroxylation is 1. The summed E-state index contributed by atoms with van der Waals surface area (Å²) in [6.07, 6.45) is 6.87. The molecular weight excluding hydrogens is 238 g/mol. The topological polar surface area (TPSA) is 47.0 Å². The molecule has 2 aliphatic rings. The van der Waals surface area contributed by atoms with Crippen LogP contribution >= 0.6 is 0 Å². The van der Waals surface area contributed by atoms with Crippen LogP contribution in [0, 0.1) is 0 Å². The Morgan fingerprint density at radius 3 is 3.05 bits per heavy atom. The van der Waals surface area contributed by atoms with E-state index in [1.54, 1.807) is 0 Å². The van der Waals surface area contributed by atoms with E-state index in [2.05, 4.69) is 12.2 Å². The molecule has 0 saturated carbocycles. The van der Waals surface area contributed by atoms with Crippen LogP contribution in [-0.4, -0.2) is 29.2 Å². The maximum atomic E-state index is 5.81. The molecule has 3 rings (SSSR count). The molecular formula is C15H23N3O. The van der Waals surface area contributed by atoms with E-state index in [-0.39, 0.29) is 0 Å². The number of rotatable bonds is 3. The van der Waals surface area contributed by atoms with Gasteiger partial charge in [0.05, 0.1) is 11.8 Å². The highest BCUT2D eigenvalue weighted by molar-refractivity contribution is 5.28. The third-order valence-electron chi connectivity index (χ3n) is 4.08. The van der Waals surface area contributed by atoms with Gasteiger partial charge in [-0.3, -0.25) is 0 Å². The zero-order valence-electron chi connectivity index (χ0n) is 11.7. The first-order valence-electron chi connectivity index (χ1n) is 7.56. The van der Waals surface area contributed by atoms with Gasteiger partial charge >= 0.3 is 0 Å². The molecule has 0 aliphatic carbocycles. The summed E-state index contributed by atoms with van der Waals surface area (Å²) in [6, 6.07) is 0. The molecule has 1 saturated heterocycles. The lowest BCUT2D eigenvalue weighted by molar-refractivity contribution is 0.0156. The minimum Gasteiger partial charge on any atom is -0.378 e. The molecule has 3 heterocycles. The SMILES string of the molecule is CCc1nc(CC2CCCCO2)nc2c1CNCC2. The molecule has 19 heavy (non-hydrogen) atoms. The van der Waals surface area contributed by atoms with Crippen molar-refractivity contribution in [1.29, 1.82) is 0 Å². The van der Waals surface area contributed by atoms with E-state index in [4.69, 9.17) is 14.7 Å². The molecule has 0 amide bonds. The predicted molar refractivity (Wildman–Crippen MR) is 74.1 cm³/mol. The second-order valence-electron chi connectivity index (χ2n) is 5.48. The molecule has 4 nitrogen and oxygen atoms in total. The Hall–Kier alpha value is -1.00. The number of hydrogen-bond acceptors (Lipinski definition) is 4. The Labute approximate surface area is 115 Å². The zero-order valence-corrected chi connectivity index (χ0v) is 11.7. The second-order valence-corrected chi connectivity index (χ2v) is 5.48. The van der Waals surface area contributed by atoms with Gasteiger partial charge in [0, 0.05) is 43.8 Å². The van der Waals surface area contributed by atoms with E-state index < -0.39 is 0 Å². The van der Waals surface area contributed by atoms with Gasteiger partial charge < -0.3 is 10.1 Å². The van der Waals surface area contributed by atoms with Crippen molar-refractivity contribution in [2.75, 3.05) is 13.2 Å². The average Bonchev–Trinajstić information content (AvgIpc) is 2.47. The monoisotopic (exact) mass is 261 g/mol. The summed E-state index contributed by atoms with van der Waals surface area (Å²) in [5.41, 5.74) is 3.82. The van der Waals surface area contributed by atoms with Crippen molar-refractivity contribution in [2.45, 2.75) is 58.1 Å². The van der Waals surface area contributed by atoms with Crippen LogP contribution in [0.2, 0.25) is 0 Å². The first-order valence-corrected chi connectivity index (χ1v) is 7.56. The third-order valence-corrected chi connectivity index (χ3v) is 4.08. The van der Waals surface area contributed by atoms with Crippen LogP contribution in [0.4, 0.5) is 0 Å². The predicted octanol–water partition coefficient (Wildman–Crippen LogP) is 1.80. The van der Waals surface area contributed by atoms with Gasteiger partial charge in [-0.05, 0) is 25.7 Å². The molecule has 0 spiro atoms. The average molecular weight is 261 g/mol. The van der Waals surface area contributed by atoms with E-state index in [1.807, 2.05) is 0 Å². The van der Waals surface area contributed by atoms with Gasteiger partial charge in [0.15, 0.2) is 0 Å². The highest BCUT2D eigenvalue weighted by atomic mass is 16.5. The van der Waals surface area contributed by atoms with Gasteiger partial charge in [0.1, 0.15) is 5.82 Å². The molecule has 1 aromatic rings. The largest absolute Gasteiger partial charge is 0.378 e. The van der Waals surface area contributed by atoms with Gasteiger partial charge in [-0.25, -0.2) is 9.97 Å². The summed E-state index contributed by atoms with van der Waals surface area (Å²) in [5.74, 6) is 0.990. The van der Waals surface area contributed by atoms with Crippen molar-refractivity contribution >= 4 is 0 Å². The molecule has 1 aromatic heterocycles. The first kappa shape index (κ1) is 13.0. The van der Waals surface area contributed by atoms with E-state index in [0.29, 0.717) is 6.10 Å². The van der Waals surface area contributed by atoms with E-state index in [9.17, 15) is 0 Å². The third kappa shape index (κ3) is 2.95. The Balaban J connectivity index is 1.81. The van der Waals surface area contributed by atoms with Gasteiger partial charge in [0.2, 0.25) is 0 Å². The molecule has 0 aromatic carbocycles. The van der Waals surface area contributed by atoms with Gasteiger partial charge in [-0.15, -0.1) is 0 Å². The summed E-state index contributed by atoms with van der Waals surface area (Å²) in [7, 11) is 0. The lowest BCUT2D eigenvalue weighted by Gasteiger charge is -2.24. The normalized spacial score (nSPS) is 23.1. The summed E-state index contributed by atoms with van der Waals surface area (Å²) in [6.45, 7) is 5.05. The van der Waals surface area contributed by atoms with Crippen molar-refractivity contribution in [2.24, 2.45) is 0 Å². The number of aromatic nitrogens is 2. The highest BCUT2D eigenvalue weighted by Gasteiger charge is 2.20. The molecule has 1 fully saturated rings. The second kappa shape index (κ2) is 5.97. The van der Waals surface area contributed by atoms with Crippen molar-refractivity contribution in [3.8, 4) is 0 Å². The minimum absolute atomic E-state index is 0.332. The molecule has 0 bridgehead atoms.